The predicted molar refractivity (Wildman–Crippen MR) is 129 cm³/mol. The Balaban J connectivity index is 1.91. The summed E-state index contributed by atoms with van der Waals surface area (Å²) in [6, 6.07) is 15.4. The molecule has 0 saturated heterocycles. The van der Waals surface area contributed by atoms with E-state index >= 15 is 0 Å². The summed E-state index contributed by atoms with van der Waals surface area (Å²) in [5.74, 6) is -0.0113. The monoisotopic (exact) mass is 493 g/mol. The number of esters is 1. The molecular formula is C25H20ClN3O4S. The van der Waals surface area contributed by atoms with E-state index in [0.29, 0.717) is 31.4 Å². The average Bonchev–Trinajstić information content (AvgIpc) is 3.12. The number of ether oxygens (including phenoxy) is 2. The molecule has 0 fully saturated rings. The molecule has 2 heterocycles. The molecule has 1 atom stereocenters. The Kier molecular flexibility index (Phi) is 6.96. The second kappa shape index (κ2) is 10.1. The van der Waals surface area contributed by atoms with Gasteiger partial charge in [0.1, 0.15) is 17.9 Å². The summed E-state index contributed by atoms with van der Waals surface area (Å²) in [6.45, 7) is 3.57. The maximum Gasteiger partial charge on any atom is 0.338 e. The highest BCUT2D eigenvalue weighted by Gasteiger charge is 2.34. The molecule has 9 heteroatoms. The maximum absolute atomic E-state index is 13.6. The van der Waals surface area contributed by atoms with E-state index < -0.39 is 12.0 Å². The number of fused-ring (bicyclic) bond motifs is 1. The minimum Gasteiger partial charge on any atom is -0.479 e. The van der Waals surface area contributed by atoms with E-state index in [0.717, 1.165) is 5.56 Å². The van der Waals surface area contributed by atoms with Crippen LogP contribution in [0.4, 0.5) is 0 Å². The van der Waals surface area contributed by atoms with Gasteiger partial charge in [-0.3, -0.25) is 9.36 Å². The minimum atomic E-state index is -0.767. The number of nitrogens with zero attached hydrogens (tertiary/aromatic N) is 3. The van der Waals surface area contributed by atoms with Crippen LogP contribution < -0.4 is 19.6 Å². The highest BCUT2D eigenvalue weighted by atomic mass is 35.5. The SMILES string of the molecule is CCOC(=O)C1=C(C)N=c2s/c(=C\c3cccc(OCC#N)c3)c(=O)n2[C@@H]1c1ccccc1Cl. The summed E-state index contributed by atoms with van der Waals surface area (Å²) in [7, 11) is 0. The molecule has 34 heavy (non-hydrogen) atoms. The largest absolute Gasteiger partial charge is 0.479 e. The summed E-state index contributed by atoms with van der Waals surface area (Å²) in [5.41, 5.74) is 1.80. The first-order valence-corrected chi connectivity index (χ1v) is 11.7. The molecule has 1 aliphatic heterocycles. The van der Waals surface area contributed by atoms with E-state index in [1.165, 1.54) is 15.9 Å². The number of carbonyl (C=O) groups is 1. The Hall–Kier alpha value is -3.67. The number of benzene rings is 2. The molecule has 7 nitrogen and oxygen atoms in total. The number of hydrogen-bond acceptors (Lipinski definition) is 7. The van der Waals surface area contributed by atoms with Crippen molar-refractivity contribution in [3.63, 3.8) is 0 Å². The van der Waals surface area contributed by atoms with E-state index in [4.69, 9.17) is 26.3 Å². The van der Waals surface area contributed by atoms with Crippen molar-refractivity contribution in [2.75, 3.05) is 13.2 Å². The highest BCUT2D eigenvalue weighted by Crippen LogP contribution is 2.34. The lowest BCUT2D eigenvalue weighted by atomic mass is 9.96. The molecule has 1 aliphatic rings. The maximum atomic E-state index is 13.6. The molecule has 0 aliphatic carbocycles. The highest BCUT2D eigenvalue weighted by molar-refractivity contribution is 7.07. The van der Waals surface area contributed by atoms with Crippen LogP contribution in [-0.2, 0) is 9.53 Å². The van der Waals surface area contributed by atoms with Gasteiger partial charge < -0.3 is 9.47 Å². The second-order valence-electron chi connectivity index (χ2n) is 7.34. The number of aromatic nitrogens is 1. The van der Waals surface area contributed by atoms with Crippen LogP contribution in [0.3, 0.4) is 0 Å². The smallest absolute Gasteiger partial charge is 0.338 e. The topological polar surface area (TPSA) is 93.7 Å². The van der Waals surface area contributed by atoms with Gasteiger partial charge in [0, 0.05) is 5.02 Å². The first kappa shape index (κ1) is 23.5. The van der Waals surface area contributed by atoms with Crippen molar-refractivity contribution in [3.8, 4) is 11.8 Å². The predicted octanol–water partition coefficient (Wildman–Crippen LogP) is 3.35. The van der Waals surface area contributed by atoms with Crippen LogP contribution in [0.1, 0.15) is 31.0 Å². The van der Waals surface area contributed by atoms with E-state index in [-0.39, 0.29) is 24.3 Å². The van der Waals surface area contributed by atoms with E-state index in [1.54, 1.807) is 56.3 Å². The fraction of sp³-hybridized carbons (Fsp3) is 0.200. The molecular weight excluding hydrogens is 474 g/mol. The minimum absolute atomic E-state index is 0.0701. The zero-order valence-electron chi connectivity index (χ0n) is 18.4. The number of thiazole rings is 1. The third kappa shape index (κ3) is 4.53. The van der Waals surface area contributed by atoms with Crippen LogP contribution in [0.5, 0.6) is 5.75 Å². The Labute approximate surface area is 204 Å². The summed E-state index contributed by atoms with van der Waals surface area (Å²) in [4.78, 5) is 31.5. The van der Waals surface area contributed by atoms with Crippen LogP contribution in [0.15, 0.2) is 69.6 Å². The van der Waals surface area contributed by atoms with Gasteiger partial charge in [-0.2, -0.15) is 5.26 Å². The van der Waals surface area contributed by atoms with Crippen molar-refractivity contribution in [2.24, 2.45) is 4.99 Å². The van der Waals surface area contributed by atoms with Crippen LogP contribution in [0.25, 0.3) is 6.08 Å². The molecule has 172 valence electrons. The van der Waals surface area contributed by atoms with Crippen LogP contribution >= 0.6 is 22.9 Å². The first-order chi connectivity index (χ1) is 16.4. The average molecular weight is 494 g/mol. The molecule has 0 amide bonds. The van der Waals surface area contributed by atoms with Gasteiger partial charge in [-0.25, -0.2) is 9.79 Å². The zero-order valence-corrected chi connectivity index (χ0v) is 20.0. The van der Waals surface area contributed by atoms with Crippen molar-refractivity contribution in [1.82, 2.24) is 4.57 Å². The summed E-state index contributed by atoms with van der Waals surface area (Å²) in [5, 5.41) is 9.17. The Morgan fingerprint density at radius 2 is 2.09 bits per heavy atom. The molecule has 3 aromatic rings. The number of allylic oxidation sites excluding steroid dienone is 1. The molecule has 0 radical (unpaired) electrons. The third-order valence-electron chi connectivity index (χ3n) is 5.18. The molecule has 0 bridgehead atoms. The van der Waals surface area contributed by atoms with Gasteiger partial charge in [0.05, 0.1) is 22.4 Å². The van der Waals surface area contributed by atoms with Crippen molar-refractivity contribution < 1.29 is 14.3 Å². The van der Waals surface area contributed by atoms with Gasteiger partial charge in [0.2, 0.25) is 0 Å². The Morgan fingerprint density at radius 3 is 2.82 bits per heavy atom. The molecule has 2 aromatic carbocycles. The number of carbonyl (C=O) groups excluding carboxylic acids is 1. The lowest BCUT2D eigenvalue weighted by Gasteiger charge is -2.25. The molecule has 0 saturated carbocycles. The Bertz CT molecular complexity index is 1510. The van der Waals surface area contributed by atoms with Gasteiger partial charge in [0.15, 0.2) is 11.4 Å². The second-order valence-corrected chi connectivity index (χ2v) is 8.76. The molecule has 0 unspecified atom stereocenters. The van der Waals surface area contributed by atoms with E-state index in [1.807, 2.05) is 18.2 Å². The van der Waals surface area contributed by atoms with Crippen LogP contribution in [-0.4, -0.2) is 23.8 Å². The van der Waals surface area contributed by atoms with Gasteiger partial charge >= 0.3 is 5.97 Å². The van der Waals surface area contributed by atoms with Crippen LogP contribution in [0.2, 0.25) is 5.02 Å². The molecule has 4 rings (SSSR count). The zero-order chi connectivity index (χ0) is 24.2. The first-order valence-electron chi connectivity index (χ1n) is 10.5. The quantitative estimate of drug-likeness (QED) is 0.491. The van der Waals surface area contributed by atoms with Gasteiger partial charge in [0.25, 0.3) is 5.56 Å². The number of rotatable bonds is 6. The van der Waals surface area contributed by atoms with Crippen molar-refractivity contribution in [2.45, 2.75) is 19.9 Å². The fourth-order valence-electron chi connectivity index (χ4n) is 3.74. The molecule has 0 N–H and O–H groups in total. The number of nitriles is 1. The van der Waals surface area contributed by atoms with E-state index in [2.05, 4.69) is 4.99 Å². The lowest BCUT2D eigenvalue weighted by molar-refractivity contribution is -0.139. The lowest BCUT2D eigenvalue weighted by Crippen LogP contribution is -2.40. The summed E-state index contributed by atoms with van der Waals surface area (Å²) < 4.78 is 12.6. The van der Waals surface area contributed by atoms with Crippen LogP contribution in [0, 0.1) is 11.3 Å². The molecule has 1 aromatic heterocycles. The normalized spacial score (nSPS) is 15.4. The number of halogens is 1. The van der Waals surface area contributed by atoms with Gasteiger partial charge in [-0.15, -0.1) is 0 Å². The third-order valence-corrected chi connectivity index (χ3v) is 6.50. The molecule has 0 spiro atoms. The van der Waals surface area contributed by atoms with Crippen molar-refractivity contribution in [1.29, 1.82) is 5.26 Å². The number of hydrogen-bond donors (Lipinski definition) is 0. The van der Waals surface area contributed by atoms with Crippen molar-refractivity contribution in [3.05, 3.63) is 95.6 Å². The summed E-state index contributed by atoms with van der Waals surface area (Å²) >= 11 is 7.73. The van der Waals surface area contributed by atoms with Crippen molar-refractivity contribution >= 4 is 35.0 Å². The Morgan fingerprint density at radius 1 is 1.29 bits per heavy atom. The van der Waals surface area contributed by atoms with Gasteiger partial charge in [-0.1, -0.05) is 53.3 Å². The van der Waals surface area contributed by atoms with E-state index in [9.17, 15) is 9.59 Å². The summed E-state index contributed by atoms with van der Waals surface area (Å²) in [6.07, 6.45) is 1.73. The van der Waals surface area contributed by atoms with Gasteiger partial charge in [-0.05, 0) is 49.2 Å². The fourth-order valence-corrected chi connectivity index (χ4v) is 5.03. The standard InChI is InChI=1S/C25H20ClN3O4S/c1-3-32-24(31)21-15(2)28-25-29(22(21)18-9-4-5-10-19(18)26)23(30)20(34-25)14-16-7-6-8-17(13-16)33-12-11-27/h4-10,13-14,22H,3,12H2,1-2H3/b20-14-/t22-/m1/s1.